The fourth-order valence-electron chi connectivity index (χ4n) is 1.94. The molecule has 1 aromatic heterocycles. The number of nitrogens with one attached hydrogen (secondary N) is 1. The number of halogens is 1. The van der Waals surface area contributed by atoms with E-state index in [1.54, 1.807) is 12.3 Å². The first-order valence-electron chi connectivity index (χ1n) is 6.19. The molecule has 1 aromatic carbocycles. The molecule has 1 atom stereocenters. The second-order valence-corrected chi connectivity index (χ2v) is 4.61. The van der Waals surface area contributed by atoms with E-state index in [0.717, 1.165) is 17.2 Å². The summed E-state index contributed by atoms with van der Waals surface area (Å²) in [6, 6.07) is 5.96. The van der Waals surface area contributed by atoms with Gasteiger partial charge in [0.2, 0.25) is 0 Å². The SMILES string of the molecule is Cc1ccncc1CNC(C)c1ccc(F)cc1O. The van der Waals surface area contributed by atoms with Gasteiger partial charge < -0.3 is 10.4 Å². The number of hydrogen-bond acceptors (Lipinski definition) is 3. The van der Waals surface area contributed by atoms with Crippen molar-refractivity contribution < 1.29 is 9.50 Å². The van der Waals surface area contributed by atoms with Gasteiger partial charge in [-0.1, -0.05) is 6.07 Å². The third kappa shape index (κ3) is 3.29. The van der Waals surface area contributed by atoms with E-state index in [4.69, 9.17) is 0 Å². The van der Waals surface area contributed by atoms with Crippen molar-refractivity contribution in [3.63, 3.8) is 0 Å². The first kappa shape index (κ1) is 13.5. The van der Waals surface area contributed by atoms with Crippen LogP contribution in [0.2, 0.25) is 0 Å². The monoisotopic (exact) mass is 260 g/mol. The molecule has 1 heterocycles. The molecule has 0 aliphatic heterocycles. The van der Waals surface area contributed by atoms with Crippen molar-refractivity contribution in [2.45, 2.75) is 26.4 Å². The lowest BCUT2D eigenvalue weighted by Gasteiger charge is -2.16. The van der Waals surface area contributed by atoms with Crippen molar-refractivity contribution in [2.75, 3.05) is 0 Å². The number of phenols is 1. The predicted octanol–water partition coefficient (Wildman–Crippen LogP) is 3.09. The summed E-state index contributed by atoms with van der Waals surface area (Å²) in [5.74, 6) is -0.459. The summed E-state index contributed by atoms with van der Waals surface area (Å²) in [5, 5.41) is 13.0. The predicted molar refractivity (Wildman–Crippen MR) is 72.3 cm³/mol. The molecule has 3 nitrogen and oxygen atoms in total. The number of aromatic hydroxyl groups is 1. The Kier molecular flexibility index (Phi) is 4.12. The summed E-state index contributed by atoms with van der Waals surface area (Å²) in [6.07, 6.45) is 3.58. The molecule has 1 unspecified atom stereocenters. The molecular weight excluding hydrogens is 243 g/mol. The van der Waals surface area contributed by atoms with Gasteiger partial charge in [0.15, 0.2) is 0 Å². The number of benzene rings is 1. The Morgan fingerprint density at radius 3 is 2.84 bits per heavy atom. The molecule has 0 saturated heterocycles. The zero-order valence-corrected chi connectivity index (χ0v) is 11.0. The van der Waals surface area contributed by atoms with Crippen molar-refractivity contribution in [1.29, 1.82) is 0 Å². The van der Waals surface area contributed by atoms with E-state index in [1.807, 2.05) is 26.1 Å². The fourth-order valence-corrected chi connectivity index (χ4v) is 1.94. The third-order valence-electron chi connectivity index (χ3n) is 3.21. The van der Waals surface area contributed by atoms with Crippen molar-refractivity contribution in [2.24, 2.45) is 0 Å². The molecule has 2 rings (SSSR count). The second kappa shape index (κ2) is 5.80. The molecule has 0 aliphatic rings. The van der Waals surface area contributed by atoms with Crippen molar-refractivity contribution in [3.8, 4) is 5.75 Å². The zero-order chi connectivity index (χ0) is 13.8. The summed E-state index contributed by atoms with van der Waals surface area (Å²) >= 11 is 0. The van der Waals surface area contributed by atoms with Gasteiger partial charge in [-0.2, -0.15) is 0 Å². The molecule has 0 saturated carbocycles. The van der Waals surface area contributed by atoms with E-state index in [9.17, 15) is 9.50 Å². The Bertz CT molecular complexity index is 572. The van der Waals surface area contributed by atoms with E-state index < -0.39 is 5.82 Å². The largest absolute Gasteiger partial charge is 0.508 e. The molecule has 100 valence electrons. The van der Waals surface area contributed by atoms with Gasteiger partial charge in [0.1, 0.15) is 11.6 Å². The molecule has 2 aromatic rings. The Labute approximate surface area is 112 Å². The normalized spacial score (nSPS) is 12.4. The van der Waals surface area contributed by atoms with Gasteiger partial charge in [0, 0.05) is 36.6 Å². The topological polar surface area (TPSA) is 45.2 Å². The van der Waals surface area contributed by atoms with Crippen LogP contribution in [0.25, 0.3) is 0 Å². The number of hydrogen-bond donors (Lipinski definition) is 2. The lowest BCUT2D eigenvalue weighted by molar-refractivity contribution is 0.446. The van der Waals surface area contributed by atoms with E-state index in [0.29, 0.717) is 12.1 Å². The van der Waals surface area contributed by atoms with Gasteiger partial charge in [-0.15, -0.1) is 0 Å². The van der Waals surface area contributed by atoms with Crippen LogP contribution in [0.4, 0.5) is 4.39 Å². The fraction of sp³-hybridized carbons (Fsp3) is 0.267. The number of phenolic OH excluding ortho intramolecular Hbond substituents is 1. The summed E-state index contributed by atoms with van der Waals surface area (Å²) in [4.78, 5) is 4.09. The van der Waals surface area contributed by atoms with Gasteiger partial charge >= 0.3 is 0 Å². The Balaban J connectivity index is 2.05. The maximum Gasteiger partial charge on any atom is 0.126 e. The van der Waals surface area contributed by atoms with Crippen LogP contribution >= 0.6 is 0 Å². The average molecular weight is 260 g/mol. The summed E-state index contributed by atoms with van der Waals surface area (Å²) < 4.78 is 12.9. The molecule has 0 bridgehead atoms. The zero-order valence-electron chi connectivity index (χ0n) is 11.0. The standard InChI is InChI=1S/C15H17FN2O/c1-10-5-6-17-8-12(10)9-18-11(2)14-4-3-13(16)7-15(14)19/h3-8,11,18-19H,9H2,1-2H3. The molecule has 0 spiro atoms. The quantitative estimate of drug-likeness (QED) is 0.888. The number of rotatable bonds is 4. The third-order valence-corrected chi connectivity index (χ3v) is 3.21. The first-order valence-corrected chi connectivity index (χ1v) is 6.19. The minimum Gasteiger partial charge on any atom is -0.508 e. The molecule has 0 fully saturated rings. The molecule has 4 heteroatoms. The number of nitrogens with zero attached hydrogens (tertiary/aromatic N) is 1. The Hall–Kier alpha value is -1.94. The maximum atomic E-state index is 12.9. The van der Waals surface area contributed by atoms with Crippen LogP contribution in [0.5, 0.6) is 5.75 Å². The highest BCUT2D eigenvalue weighted by molar-refractivity contribution is 5.35. The Morgan fingerprint density at radius 1 is 1.37 bits per heavy atom. The van der Waals surface area contributed by atoms with Crippen molar-refractivity contribution >= 4 is 0 Å². The maximum absolute atomic E-state index is 12.9. The molecule has 0 radical (unpaired) electrons. The molecule has 19 heavy (non-hydrogen) atoms. The van der Waals surface area contributed by atoms with Crippen LogP contribution in [-0.4, -0.2) is 10.1 Å². The number of aromatic nitrogens is 1. The highest BCUT2D eigenvalue weighted by Gasteiger charge is 2.11. The number of aryl methyl sites for hydroxylation is 1. The van der Waals surface area contributed by atoms with Gasteiger partial charge in [0.25, 0.3) is 0 Å². The van der Waals surface area contributed by atoms with Crippen LogP contribution in [-0.2, 0) is 6.54 Å². The summed E-state index contributed by atoms with van der Waals surface area (Å²) in [5.41, 5.74) is 2.96. The van der Waals surface area contributed by atoms with Crippen LogP contribution < -0.4 is 5.32 Å². The van der Waals surface area contributed by atoms with Crippen LogP contribution in [0.15, 0.2) is 36.7 Å². The summed E-state index contributed by atoms with van der Waals surface area (Å²) in [7, 11) is 0. The summed E-state index contributed by atoms with van der Waals surface area (Å²) in [6.45, 7) is 4.61. The molecule has 2 N–H and O–H groups in total. The average Bonchev–Trinajstić information content (AvgIpc) is 2.37. The van der Waals surface area contributed by atoms with Gasteiger partial charge in [-0.05, 0) is 37.1 Å². The van der Waals surface area contributed by atoms with E-state index in [2.05, 4.69) is 10.3 Å². The second-order valence-electron chi connectivity index (χ2n) is 4.61. The number of pyridine rings is 1. The van der Waals surface area contributed by atoms with Gasteiger partial charge in [-0.3, -0.25) is 4.98 Å². The Morgan fingerprint density at radius 2 is 2.16 bits per heavy atom. The van der Waals surface area contributed by atoms with Crippen LogP contribution in [0, 0.1) is 12.7 Å². The highest BCUT2D eigenvalue weighted by Crippen LogP contribution is 2.24. The van der Waals surface area contributed by atoms with E-state index in [1.165, 1.54) is 6.07 Å². The molecule has 0 amide bonds. The smallest absolute Gasteiger partial charge is 0.126 e. The molecule has 0 aliphatic carbocycles. The van der Waals surface area contributed by atoms with E-state index >= 15 is 0 Å². The first-order chi connectivity index (χ1) is 9.08. The highest BCUT2D eigenvalue weighted by atomic mass is 19.1. The van der Waals surface area contributed by atoms with Crippen molar-refractivity contribution in [1.82, 2.24) is 10.3 Å². The van der Waals surface area contributed by atoms with Crippen LogP contribution in [0.1, 0.15) is 29.7 Å². The molecular formula is C15H17FN2O. The van der Waals surface area contributed by atoms with Gasteiger partial charge in [0.05, 0.1) is 0 Å². The van der Waals surface area contributed by atoms with Crippen LogP contribution in [0.3, 0.4) is 0 Å². The van der Waals surface area contributed by atoms with E-state index in [-0.39, 0.29) is 11.8 Å². The lowest BCUT2D eigenvalue weighted by atomic mass is 10.1. The lowest BCUT2D eigenvalue weighted by Crippen LogP contribution is -2.18. The van der Waals surface area contributed by atoms with Crippen molar-refractivity contribution in [3.05, 3.63) is 59.2 Å². The minimum absolute atomic E-state index is 0.0251. The minimum atomic E-state index is -0.434. The van der Waals surface area contributed by atoms with Gasteiger partial charge in [-0.25, -0.2) is 4.39 Å².